The fraction of sp³-hybridized carbons (Fsp3) is 1.00. The summed E-state index contributed by atoms with van der Waals surface area (Å²) in [4.78, 5) is 0. The predicted octanol–water partition coefficient (Wildman–Crippen LogP) is 7.15. The van der Waals surface area contributed by atoms with Gasteiger partial charge in [-0.25, -0.2) is 0 Å². The molecule has 0 aromatic carbocycles. The van der Waals surface area contributed by atoms with Gasteiger partial charge in [-0.05, 0) is 0 Å². The van der Waals surface area contributed by atoms with Crippen LogP contribution in [0.3, 0.4) is 0 Å². The molecular formula is C20H48N4Zr. The number of nitrogens with zero attached hydrogens (tertiary/aromatic N) is 4. The first-order valence-electron chi connectivity index (χ1n) is 8.68. The zero-order valence-electron chi connectivity index (χ0n) is 20.3. The zero-order valence-corrected chi connectivity index (χ0v) is 22.7. The minimum absolute atomic E-state index is 0. The quantitative estimate of drug-likeness (QED) is 0.388. The molecular weight excluding hydrogens is 387 g/mol. The SMILES string of the molecule is CC(C)(C)[N-]C(C)(C)C.CC(C)(C)[N-]C(C)(C)C.C[N-]C.C[N-]C.[Zr+4]. The minimum Gasteiger partial charge on any atom is -0.668 e. The van der Waals surface area contributed by atoms with Crippen LogP contribution in [0.1, 0.15) is 83.1 Å². The maximum Gasteiger partial charge on any atom is 4.00 e. The second-order valence-corrected chi connectivity index (χ2v) is 9.80. The summed E-state index contributed by atoms with van der Waals surface area (Å²) in [6, 6.07) is 0. The zero-order chi connectivity index (χ0) is 20.8. The molecule has 0 bridgehead atoms. The second-order valence-electron chi connectivity index (χ2n) is 9.80. The van der Waals surface area contributed by atoms with Gasteiger partial charge in [0.2, 0.25) is 0 Å². The monoisotopic (exact) mass is 434 g/mol. The first-order valence-corrected chi connectivity index (χ1v) is 8.68. The van der Waals surface area contributed by atoms with E-state index in [0.717, 1.165) is 0 Å². The summed E-state index contributed by atoms with van der Waals surface area (Å²) < 4.78 is 0. The van der Waals surface area contributed by atoms with Gasteiger partial charge in [0.05, 0.1) is 0 Å². The average molecular weight is 436 g/mol. The van der Waals surface area contributed by atoms with Gasteiger partial charge in [0.1, 0.15) is 0 Å². The van der Waals surface area contributed by atoms with Crippen molar-refractivity contribution in [1.82, 2.24) is 0 Å². The van der Waals surface area contributed by atoms with Crippen molar-refractivity contribution in [3.05, 3.63) is 21.3 Å². The van der Waals surface area contributed by atoms with Crippen molar-refractivity contribution in [2.75, 3.05) is 28.2 Å². The van der Waals surface area contributed by atoms with E-state index in [9.17, 15) is 0 Å². The fourth-order valence-electron chi connectivity index (χ4n) is 2.01. The van der Waals surface area contributed by atoms with Crippen LogP contribution >= 0.6 is 0 Å². The molecule has 5 heteroatoms. The Morgan fingerprint density at radius 3 is 0.440 bits per heavy atom. The van der Waals surface area contributed by atoms with Crippen LogP contribution in [0.2, 0.25) is 0 Å². The van der Waals surface area contributed by atoms with Crippen molar-refractivity contribution in [3.63, 3.8) is 0 Å². The molecule has 0 aromatic heterocycles. The van der Waals surface area contributed by atoms with E-state index in [1.54, 1.807) is 28.2 Å². The summed E-state index contributed by atoms with van der Waals surface area (Å²) >= 11 is 0. The first kappa shape index (κ1) is 36.6. The predicted molar refractivity (Wildman–Crippen MR) is 116 cm³/mol. The summed E-state index contributed by atoms with van der Waals surface area (Å²) in [5, 5.41) is 16.1. The molecule has 0 aliphatic heterocycles. The number of rotatable bonds is 0. The van der Waals surface area contributed by atoms with Gasteiger partial charge in [-0.2, -0.15) is 28.2 Å². The molecule has 0 N–H and O–H groups in total. The van der Waals surface area contributed by atoms with E-state index >= 15 is 0 Å². The molecule has 0 saturated carbocycles. The smallest absolute Gasteiger partial charge is 0.668 e. The normalized spacial score (nSPS) is 11.5. The third-order valence-corrected chi connectivity index (χ3v) is 1.34. The molecule has 0 heterocycles. The van der Waals surface area contributed by atoms with Gasteiger partial charge in [0, 0.05) is 0 Å². The van der Waals surface area contributed by atoms with E-state index in [0.29, 0.717) is 0 Å². The van der Waals surface area contributed by atoms with Gasteiger partial charge in [-0.1, -0.05) is 83.1 Å². The van der Waals surface area contributed by atoms with E-state index in [1.165, 1.54) is 0 Å². The Balaban J connectivity index is -0.0000000788. The maximum atomic E-state index is 4.54. The van der Waals surface area contributed by atoms with Crippen LogP contribution in [-0.4, -0.2) is 50.3 Å². The molecule has 0 radical (unpaired) electrons. The molecule has 0 saturated heterocycles. The van der Waals surface area contributed by atoms with Crippen LogP contribution in [0.15, 0.2) is 0 Å². The fourth-order valence-corrected chi connectivity index (χ4v) is 2.01. The van der Waals surface area contributed by atoms with E-state index in [2.05, 4.69) is 104 Å². The van der Waals surface area contributed by atoms with Crippen molar-refractivity contribution in [2.45, 2.75) is 105 Å². The molecule has 0 unspecified atom stereocenters. The Bertz CT molecular complexity index is 201. The molecule has 152 valence electrons. The Morgan fingerprint density at radius 1 is 0.360 bits per heavy atom. The third kappa shape index (κ3) is 78.9. The Hall–Kier alpha value is 0.723. The van der Waals surface area contributed by atoms with Crippen molar-refractivity contribution in [3.8, 4) is 0 Å². The van der Waals surface area contributed by atoms with Crippen LogP contribution in [0.25, 0.3) is 21.3 Å². The summed E-state index contributed by atoms with van der Waals surface area (Å²) in [5.74, 6) is 0. The maximum absolute atomic E-state index is 4.54. The van der Waals surface area contributed by atoms with Crippen LogP contribution in [0.5, 0.6) is 0 Å². The molecule has 4 nitrogen and oxygen atoms in total. The Labute approximate surface area is 180 Å². The van der Waals surface area contributed by atoms with Gasteiger partial charge in [-0.15, -0.1) is 22.2 Å². The second kappa shape index (κ2) is 16.9. The third-order valence-electron chi connectivity index (χ3n) is 1.34. The van der Waals surface area contributed by atoms with Gasteiger partial charge in [0.15, 0.2) is 0 Å². The van der Waals surface area contributed by atoms with Gasteiger partial charge >= 0.3 is 26.2 Å². The largest absolute Gasteiger partial charge is 4.00 e. The molecule has 0 spiro atoms. The minimum atomic E-state index is 0. The number of hydrogen-bond donors (Lipinski definition) is 0. The molecule has 0 atom stereocenters. The Morgan fingerprint density at radius 2 is 0.440 bits per heavy atom. The molecule has 0 aliphatic carbocycles. The standard InChI is InChI=1S/2C8H18N.2C2H6N.Zr/c2*1-7(2,3)9-8(4,5)6;2*1-3-2;/h2*1-6H3;2*1-2H3;/q4*-1;+4. The molecule has 0 rings (SSSR count). The van der Waals surface area contributed by atoms with Gasteiger partial charge in [-0.3, -0.25) is 0 Å². The van der Waals surface area contributed by atoms with E-state index in [4.69, 9.17) is 0 Å². The summed E-state index contributed by atoms with van der Waals surface area (Å²) in [6.45, 7) is 25.5. The molecule has 0 fully saturated rings. The van der Waals surface area contributed by atoms with Crippen LogP contribution in [0, 0.1) is 0 Å². The molecule has 25 heavy (non-hydrogen) atoms. The molecule has 0 aliphatic rings. The van der Waals surface area contributed by atoms with Crippen molar-refractivity contribution < 1.29 is 26.2 Å². The van der Waals surface area contributed by atoms with Crippen LogP contribution < -0.4 is 0 Å². The van der Waals surface area contributed by atoms with Crippen molar-refractivity contribution in [2.24, 2.45) is 0 Å². The average Bonchev–Trinajstić information content (AvgIpc) is 2.06. The summed E-state index contributed by atoms with van der Waals surface area (Å²) in [6.07, 6.45) is 0. The van der Waals surface area contributed by atoms with E-state index in [-0.39, 0.29) is 48.4 Å². The van der Waals surface area contributed by atoms with Crippen LogP contribution in [-0.2, 0) is 26.2 Å². The van der Waals surface area contributed by atoms with Gasteiger partial charge < -0.3 is 21.3 Å². The molecule has 0 aromatic rings. The van der Waals surface area contributed by atoms with Gasteiger partial charge in [0.25, 0.3) is 0 Å². The molecule has 0 amide bonds. The van der Waals surface area contributed by atoms with E-state index in [1.807, 2.05) is 0 Å². The van der Waals surface area contributed by atoms with Crippen LogP contribution in [0.4, 0.5) is 0 Å². The van der Waals surface area contributed by atoms with Crippen molar-refractivity contribution in [1.29, 1.82) is 0 Å². The van der Waals surface area contributed by atoms with Crippen molar-refractivity contribution >= 4 is 0 Å². The van der Waals surface area contributed by atoms with E-state index < -0.39 is 0 Å². The summed E-state index contributed by atoms with van der Waals surface area (Å²) in [7, 11) is 7.00. The number of hydrogen-bond acceptors (Lipinski definition) is 0. The summed E-state index contributed by atoms with van der Waals surface area (Å²) in [5.41, 5.74) is 0.438. The topological polar surface area (TPSA) is 56.4 Å². The first-order chi connectivity index (χ1) is 10.2. The Kier molecular flexibility index (Phi) is 24.7.